The van der Waals surface area contributed by atoms with Gasteiger partial charge in [0.15, 0.2) is 0 Å². The highest BCUT2D eigenvalue weighted by molar-refractivity contribution is 5.28. The summed E-state index contributed by atoms with van der Waals surface area (Å²) in [5, 5.41) is 3.64. The molecule has 1 N–H and O–H groups in total. The van der Waals surface area contributed by atoms with Crippen LogP contribution in [0.3, 0.4) is 0 Å². The van der Waals surface area contributed by atoms with Gasteiger partial charge in [-0.3, -0.25) is 0 Å². The van der Waals surface area contributed by atoms with Crippen molar-refractivity contribution < 1.29 is 0 Å². The van der Waals surface area contributed by atoms with E-state index in [9.17, 15) is 0 Å². The monoisotopic (exact) mass is 231 g/mol. The second kappa shape index (κ2) is 5.22. The average molecular weight is 231 g/mol. The van der Waals surface area contributed by atoms with E-state index >= 15 is 0 Å². The van der Waals surface area contributed by atoms with Crippen molar-refractivity contribution in [3.8, 4) is 0 Å². The maximum atomic E-state index is 3.64. The van der Waals surface area contributed by atoms with Crippen LogP contribution in [-0.2, 0) is 0 Å². The Bertz CT molecular complexity index is 352. The third kappa shape index (κ3) is 2.90. The topological polar surface area (TPSA) is 12.0 Å². The lowest BCUT2D eigenvalue weighted by atomic mass is 9.96. The van der Waals surface area contributed by atoms with Crippen LogP contribution in [0.1, 0.15) is 57.2 Å². The largest absolute Gasteiger partial charge is 0.310 e. The van der Waals surface area contributed by atoms with Crippen molar-refractivity contribution in [1.29, 1.82) is 0 Å². The molecule has 0 bridgehead atoms. The molecule has 0 saturated heterocycles. The highest BCUT2D eigenvalue weighted by atomic mass is 14.9. The third-order valence-electron chi connectivity index (χ3n) is 3.99. The van der Waals surface area contributed by atoms with Crippen LogP contribution in [0.25, 0.3) is 0 Å². The lowest BCUT2D eigenvalue weighted by molar-refractivity contribution is 0.475. The molecular formula is C16H25N. The van der Waals surface area contributed by atoms with Gasteiger partial charge < -0.3 is 5.32 Å². The maximum absolute atomic E-state index is 3.64. The molecule has 1 nitrogen and oxygen atoms in total. The van der Waals surface area contributed by atoms with Gasteiger partial charge in [0.05, 0.1) is 0 Å². The van der Waals surface area contributed by atoms with Crippen molar-refractivity contribution in [1.82, 2.24) is 5.32 Å². The first-order chi connectivity index (χ1) is 8.13. The zero-order chi connectivity index (χ0) is 12.4. The number of hydrogen-bond acceptors (Lipinski definition) is 1. The minimum Gasteiger partial charge on any atom is -0.310 e. The molecule has 1 aromatic carbocycles. The van der Waals surface area contributed by atoms with E-state index in [-0.39, 0.29) is 0 Å². The van der Waals surface area contributed by atoms with Gasteiger partial charge in [0.25, 0.3) is 0 Å². The minimum absolute atomic E-state index is 0.566. The van der Waals surface area contributed by atoms with Crippen LogP contribution >= 0.6 is 0 Å². The van der Waals surface area contributed by atoms with Gasteiger partial charge in [0.2, 0.25) is 0 Å². The third-order valence-corrected chi connectivity index (χ3v) is 3.99. The van der Waals surface area contributed by atoms with Gasteiger partial charge in [0, 0.05) is 6.04 Å². The first kappa shape index (κ1) is 12.6. The first-order valence-corrected chi connectivity index (χ1v) is 6.96. The number of rotatable bonds is 5. The molecule has 3 atom stereocenters. The Hall–Kier alpha value is -0.820. The molecule has 1 fully saturated rings. The van der Waals surface area contributed by atoms with E-state index in [1.165, 1.54) is 17.5 Å². The zero-order valence-electron chi connectivity index (χ0n) is 11.5. The summed E-state index contributed by atoms with van der Waals surface area (Å²) < 4.78 is 0. The van der Waals surface area contributed by atoms with E-state index in [2.05, 4.69) is 57.3 Å². The summed E-state index contributed by atoms with van der Waals surface area (Å²) in [4.78, 5) is 0. The number of nitrogens with one attached hydrogen (secondary N) is 1. The molecule has 0 spiro atoms. The van der Waals surface area contributed by atoms with Crippen LogP contribution < -0.4 is 5.32 Å². The van der Waals surface area contributed by atoms with E-state index in [0.29, 0.717) is 12.0 Å². The molecule has 17 heavy (non-hydrogen) atoms. The predicted molar refractivity (Wildman–Crippen MR) is 74.2 cm³/mol. The number of benzene rings is 1. The molecule has 1 aliphatic carbocycles. The van der Waals surface area contributed by atoms with Crippen molar-refractivity contribution in [2.24, 2.45) is 11.8 Å². The van der Waals surface area contributed by atoms with E-state index in [1.807, 2.05) is 0 Å². The van der Waals surface area contributed by atoms with E-state index in [1.54, 1.807) is 0 Å². The SMILES string of the molecule is CCNC(c1ccc(C(C)C)cc1)C1CC1C. The van der Waals surface area contributed by atoms with E-state index in [4.69, 9.17) is 0 Å². The number of hydrogen-bond donors (Lipinski definition) is 1. The molecule has 1 aliphatic rings. The second-order valence-electron chi connectivity index (χ2n) is 5.73. The van der Waals surface area contributed by atoms with Gasteiger partial charge >= 0.3 is 0 Å². The Kier molecular flexibility index (Phi) is 3.88. The summed E-state index contributed by atoms with van der Waals surface area (Å²) in [6.07, 6.45) is 1.38. The molecule has 0 amide bonds. The van der Waals surface area contributed by atoms with Gasteiger partial charge in [-0.25, -0.2) is 0 Å². The predicted octanol–water partition coefficient (Wildman–Crippen LogP) is 4.12. The molecule has 1 aromatic rings. The lowest BCUT2D eigenvalue weighted by Gasteiger charge is -2.19. The summed E-state index contributed by atoms with van der Waals surface area (Å²) in [6.45, 7) is 10.1. The normalized spacial score (nSPS) is 25.0. The van der Waals surface area contributed by atoms with Crippen LogP contribution in [0.5, 0.6) is 0 Å². The zero-order valence-corrected chi connectivity index (χ0v) is 11.5. The van der Waals surface area contributed by atoms with E-state index < -0.39 is 0 Å². The smallest absolute Gasteiger partial charge is 0.0351 e. The molecule has 2 rings (SSSR count). The van der Waals surface area contributed by atoms with Crippen molar-refractivity contribution in [2.45, 2.75) is 46.1 Å². The summed E-state index contributed by atoms with van der Waals surface area (Å²) in [7, 11) is 0. The van der Waals surface area contributed by atoms with Gasteiger partial charge in [-0.05, 0) is 41.8 Å². The van der Waals surface area contributed by atoms with E-state index in [0.717, 1.165) is 18.4 Å². The first-order valence-electron chi connectivity index (χ1n) is 6.96. The molecule has 0 aliphatic heterocycles. The van der Waals surface area contributed by atoms with Crippen LogP contribution in [-0.4, -0.2) is 6.54 Å². The Morgan fingerprint density at radius 2 is 1.71 bits per heavy atom. The van der Waals surface area contributed by atoms with Gasteiger partial charge in [0.1, 0.15) is 0 Å². The van der Waals surface area contributed by atoms with Crippen LogP contribution in [0, 0.1) is 11.8 Å². The fourth-order valence-electron chi connectivity index (χ4n) is 2.64. The Morgan fingerprint density at radius 1 is 1.18 bits per heavy atom. The second-order valence-corrected chi connectivity index (χ2v) is 5.73. The summed E-state index contributed by atoms with van der Waals surface area (Å²) in [6, 6.07) is 9.77. The summed E-state index contributed by atoms with van der Waals surface area (Å²) >= 11 is 0. The maximum Gasteiger partial charge on any atom is 0.0351 e. The Balaban J connectivity index is 2.13. The average Bonchev–Trinajstić information content (AvgIpc) is 3.03. The highest BCUT2D eigenvalue weighted by Gasteiger charge is 2.39. The lowest BCUT2D eigenvalue weighted by Crippen LogP contribution is -2.23. The highest BCUT2D eigenvalue weighted by Crippen LogP contribution is 2.46. The molecule has 1 heteroatoms. The van der Waals surface area contributed by atoms with Gasteiger partial charge in [-0.15, -0.1) is 0 Å². The molecular weight excluding hydrogens is 206 g/mol. The molecule has 94 valence electrons. The van der Waals surface area contributed by atoms with Crippen molar-refractivity contribution >= 4 is 0 Å². The van der Waals surface area contributed by atoms with Gasteiger partial charge in [-0.1, -0.05) is 52.0 Å². The quantitative estimate of drug-likeness (QED) is 0.804. The molecule has 0 radical (unpaired) electrons. The van der Waals surface area contributed by atoms with Crippen LogP contribution in [0.4, 0.5) is 0 Å². The van der Waals surface area contributed by atoms with Crippen LogP contribution in [0.15, 0.2) is 24.3 Å². The van der Waals surface area contributed by atoms with Crippen molar-refractivity contribution in [2.75, 3.05) is 6.54 Å². The standard InChI is InChI=1S/C16H25N/c1-5-17-16(15-10-12(15)4)14-8-6-13(7-9-14)11(2)3/h6-9,11-12,15-17H,5,10H2,1-4H3. The minimum atomic E-state index is 0.566. The fraction of sp³-hybridized carbons (Fsp3) is 0.625. The molecule has 3 unspecified atom stereocenters. The Morgan fingerprint density at radius 3 is 2.12 bits per heavy atom. The van der Waals surface area contributed by atoms with Gasteiger partial charge in [-0.2, -0.15) is 0 Å². The Labute approximate surface area is 106 Å². The molecule has 0 heterocycles. The van der Waals surface area contributed by atoms with Crippen LogP contribution in [0.2, 0.25) is 0 Å². The molecule has 0 aromatic heterocycles. The summed E-state index contributed by atoms with van der Waals surface area (Å²) in [5.41, 5.74) is 2.90. The summed E-state index contributed by atoms with van der Waals surface area (Å²) in [5.74, 6) is 2.37. The van der Waals surface area contributed by atoms with Crippen molar-refractivity contribution in [3.05, 3.63) is 35.4 Å². The van der Waals surface area contributed by atoms with Crippen molar-refractivity contribution in [3.63, 3.8) is 0 Å². The fourth-order valence-corrected chi connectivity index (χ4v) is 2.64. The molecule has 1 saturated carbocycles.